The Labute approximate surface area is 131 Å². The summed E-state index contributed by atoms with van der Waals surface area (Å²) < 4.78 is 5.85. The highest BCUT2D eigenvalue weighted by Gasteiger charge is 2.06. The van der Waals surface area contributed by atoms with E-state index in [1.165, 1.54) is 7.11 Å². The van der Waals surface area contributed by atoms with E-state index in [-0.39, 0.29) is 5.97 Å². The molecule has 3 nitrogen and oxygen atoms in total. The van der Waals surface area contributed by atoms with Crippen molar-refractivity contribution in [2.24, 2.45) is 4.99 Å². The average molecular weight is 379 g/mol. The van der Waals surface area contributed by atoms with Gasteiger partial charge in [-0.05, 0) is 59.3 Å². The highest BCUT2D eigenvalue weighted by molar-refractivity contribution is 14.1. The Bertz CT molecular complexity index is 665. The molecule has 0 atom stereocenters. The summed E-state index contributed by atoms with van der Waals surface area (Å²) in [5, 5.41) is 0. The number of carbonyl (C=O) groups excluding carboxylic acids is 1. The van der Waals surface area contributed by atoms with Gasteiger partial charge in [-0.1, -0.05) is 18.2 Å². The summed E-state index contributed by atoms with van der Waals surface area (Å²) in [6.07, 6.45) is 1.84. The first kappa shape index (κ1) is 14.7. The molecule has 102 valence electrons. The first-order chi connectivity index (χ1) is 9.61. The lowest BCUT2D eigenvalue weighted by Gasteiger charge is -2.04. The predicted octanol–water partition coefficient (Wildman–Crippen LogP) is 4.14. The van der Waals surface area contributed by atoms with Gasteiger partial charge < -0.3 is 4.74 Å². The van der Waals surface area contributed by atoms with Crippen molar-refractivity contribution in [1.82, 2.24) is 0 Å². The summed E-state index contributed by atoms with van der Waals surface area (Å²) in [6.45, 7) is 1.93. The second-order valence-corrected chi connectivity index (χ2v) is 5.43. The van der Waals surface area contributed by atoms with Gasteiger partial charge in [0.05, 0.1) is 18.4 Å². The molecular weight excluding hydrogens is 365 g/mol. The number of carbonyl (C=O) groups is 1. The number of methoxy groups -OCH3 is 1. The highest BCUT2D eigenvalue weighted by atomic mass is 127. The van der Waals surface area contributed by atoms with Crippen LogP contribution in [0.2, 0.25) is 0 Å². The number of benzene rings is 2. The maximum Gasteiger partial charge on any atom is 0.337 e. The standard InChI is InChI=1S/C16H14INO2/c1-11-9-12(16(19)20-2)7-8-15(11)18-10-13-5-3-4-6-14(13)17/h3-10H,1-2H3. The van der Waals surface area contributed by atoms with Gasteiger partial charge in [0.15, 0.2) is 0 Å². The van der Waals surface area contributed by atoms with Gasteiger partial charge in [-0.3, -0.25) is 4.99 Å². The predicted molar refractivity (Wildman–Crippen MR) is 88.9 cm³/mol. The molecule has 0 heterocycles. The Morgan fingerprint density at radius 2 is 2.00 bits per heavy atom. The molecule has 2 aromatic rings. The largest absolute Gasteiger partial charge is 0.465 e. The lowest BCUT2D eigenvalue weighted by atomic mass is 10.1. The van der Waals surface area contributed by atoms with Crippen LogP contribution >= 0.6 is 22.6 Å². The van der Waals surface area contributed by atoms with Crippen LogP contribution in [0.1, 0.15) is 21.5 Å². The normalized spacial score (nSPS) is 10.8. The van der Waals surface area contributed by atoms with Crippen molar-refractivity contribution < 1.29 is 9.53 Å². The topological polar surface area (TPSA) is 38.7 Å². The molecule has 2 aromatic carbocycles. The minimum absolute atomic E-state index is 0.332. The number of nitrogens with zero attached hydrogens (tertiary/aromatic N) is 1. The minimum Gasteiger partial charge on any atom is -0.465 e. The summed E-state index contributed by atoms with van der Waals surface area (Å²) in [4.78, 5) is 15.9. The fourth-order valence-electron chi connectivity index (χ4n) is 1.76. The zero-order chi connectivity index (χ0) is 14.5. The summed E-state index contributed by atoms with van der Waals surface area (Å²) in [6, 6.07) is 13.4. The van der Waals surface area contributed by atoms with E-state index in [0.717, 1.165) is 20.4 Å². The van der Waals surface area contributed by atoms with Crippen molar-refractivity contribution in [1.29, 1.82) is 0 Å². The zero-order valence-electron chi connectivity index (χ0n) is 11.3. The second kappa shape index (κ2) is 6.65. The SMILES string of the molecule is COC(=O)c1ccc(N=Cc2ccccc2I)c(C)c1. The molecule has 0 spiro atoms. The average Bonchev–Trinajstić information content (AvgIpc) is 2.46. The van der Waals surface area contributed by atoms with Gasteiger partial charge in [-0.15, -0.1) is 0 Å². The second-order valence-electron chi connectivity index (χ2n) is 4.27. The van der Waals surface area contributed by atoms with Crippen molar-refractivity contribution in [3.8, 4) is 0 Å². The molecule has 0 unspecified atom stereocenters. The summed E-state index contributed by atoms with van der Waals surface area (Å²) >= 11 is 2.28. The Morgan fingerprint density at radius 3 is 2.65 bits per heavy atom. The third kappa shape index (κ3) is 3.45. The molecule has 0 bridgehead atoms. The third-order valence-corrected chi connectivity index (χ3v) is 3.85. The van der Waals surface area contributed by atoms with Crippen LogP contribution in [0.25, 0.3) is 0 Å². The fraction of sp³-hybridized carbons (Fsp3) is 0.125. The van der Waals surface area contributed by atoms with Crippen LogP contribution in [0, 0.1) is 10.5 Å². The van der Waals surface area contributed by atoms with Crippen LogP contribution in [0.3, 0.4) is 0 Å². The Morgan fingerprint density at radius 1 is 1.25 bits per heavy atom. The first-order valence-corrected chi connectivity index (χ1v) is 7.17. The number of hydrogen-bond donors (Lipinski definition) is 0. The maximum absolute atomic E-state index is 11.4. The monoisotopic (exact) mass is 379 g/mol. The summed E-state index contributed by atoms with van der Waals surface area (Å²) in [5.74, 6) is -0.332. The van der Waals surface area contributed by atoms with E-state index >= 15 is 0 Å². The van der Waals surface area contributed by atoms with E-state index < -0.39 is 0 Å². The maximum atomic E-state index is 11.4. The van der Waals surface area contributed by atoms with Crippen molar-refractivity contribution in [3.63, 3.8) is 0 Å². The molecule has 0 saturated carbocycles. The lowest BCUT2D eigenvalue weighted by Crippen LogP contribution is -2.00. The Balaban J connectivity index is 2.27. The number of halogens is 1. The van der Waals surface area contributed by atoms with Crippen LogP contribution < -0.4 is 0 Å². The van der Waals surface area contributed by atoms with Gasteiger partial charge in [0, 0.05) is 15.3 Å². The molecule has 0 aliphatic heterocycles. The van der Waals surface area contributed by atoms with E-state index in [4.69, 9.17) is 4.74 Å². The number of aliphatic imine (C=N–C) groups is 1. The van der Waals surface area contributed by atoms with Crippen LogP contribution in [-0.4, -0.2) is 19.3 Å². The van der Waals surface area contributed by atoms with Crippen molar-refractivity contribution >= 4 is 40.5 Å². The Kier molecular flexibility index (Phi) is 4.89. The van der Waals surface area contributed by atoms with E-state index in [2.05, 4.69) is 27.6 Å². The molecule has 2 rings (SSSR count). The van der Waals surface area contributed by atoms with Crippen LogP contribution in [0.5, 0.6) is 0 Å². The molecule has 0 N–H and O–H groups in total. The van der Waals surface area contributed by atoms with Crippen molar-refractivity contribution in [2.75, 3.05) is 7.11 Å². The molecule has 0 fully saturated rings. The van der Waals surface area contributed by atoms with Gasteiger partial charge in [0.25, 0.3) is 0 Å². The van der Waals surface area contributed by atoms with Gasteiger partial charge in [0.1, 0.15) is 0 Å². The number of rotatable bonds is 3. The summed E-state index contributed by atoms with van der Waals surface area (Å²) in [7, 11) is 1.38. The molecule has 0 aromatic heterocycles. The molecule has 0 aliphatic carbocycles. The van der Waals surface area contributed by atoms with Gasteiger partial charge in [-0.2, -0.15) is 0 Å². The molecule has 4 heteroatoms. The van der Waals surface area contributed by atoms with Crippen molar-refractivity contribution in [2.45, 2.75) is 6.92 Å². The highest BCUT2D eigenvalue weighted by Crippen LogP contribution is 2.20. The number of esters is 1. The molecular formula is C16H14INO2. The number of ether oxygens (including phenoxy) is 1. The smallest absolute Gasteiger partial charge is 0.337 e. The quantitative estimate of drug-likeness (QED) is 0.457. The lowest BCUT2D eigenvalue weighted by molar-refractivity contribution is 0.0600. The fourth-order valence-corrected chi connectivity index (χ4v) is 2.29. The molecule has 0 radical (unpaired) electrons. The summed E-state index contributed by atoms with van der Waals surface area (Å²) in [5.41, 5.74) is 3.40. The molecule has 20 heavy (non-hydrogen) atoms. The zero-order valence-corrected chi connectivity index (χ0v) is 13.4. The van der Waals surface area contributed by atoms with Gasteiger partial charge in [0.2, 0.25) is 0 Å². The molecule has 0 amide bonds. The van der Waals surface area contributed by atoms with E-state index in [1.807, 2.05) is 43.5 Å². The van der Waals surface area contributed by atoms with E-state index in [0.29, 0.717) is 5.56 Å². The number of aryl methyl sites for hydroxylation is 1. The van der Waals surface area contributed by atoms with Crippen molar-refractivity contribution in [3.05, 3.63) is 62.7 Å². The van der Waals surface area contributed by atoms with Crippen LogP contribution in [-0.2, 0) is 4.74 Å². The first-order valence-electron chi connectivity index (χ1n) is 6.09. The van der Waals surface area contributed by atoms with E-state index in [1.54, 1.807) is 12.1 Å². The number of hydrogen-bond acceptors (Lipinski definition) is 3. The van der Waals surface area contributed by atoms with E-state index in [9.17, 15) is 4.79 Å². The van der Waals surface area contributed by atoms with Gasteiger partial charge >= 0.3 is 5.97 Å². The third-order valence-electron chi connectivity index (χ3n) is 2.87. The van der Waals surface area contributed by atoms with Gasteiger partial charge in [-0.25, -0.2) is 4.79 Å². The molecule has 0 saturated heterocycles. The van der Waals surface area contributed by atoms with Crippen LogP contribution in [0.15, 0.2) is 47.5 Å². The Hall–Kier alpha value is -1.69. The minimum atomic E-state index is -0.332. The van der Waals surface area contributed by atoms with Crippen LogP contribution in [0.4, 0.5) is 5.69 Å². The molecule has 0 aliphatic rings.